The Labute approximate surface area is 157 Å². The van der Waals surface area contributed by atoms with Gasteiger partial charge in [0.15, 0.2) is 5.82 Å². The van der Waals surface area contributed by atoms with Crippen LogP contribution in [0, 0.1) is 0 Å². The topological polar surface area (TPSA) is 97.6 Å². The van der Waals surface area contributed by atoms with Crippen molar-refractivity contribution in [3.8, 4) is 0 Å². The van der Waals surface area contributed by atoms with Gasteiger partial charge < -0.3 is 19.5 Å². The van der Waals surface area contributed by atoms with Gasteiger partial charge in [0.1, 0.15) is 12.6 Å². The summed E-state index contributed by atoms with van der Waals surface area (Å²) in [7, 11) is 1.55. The molecule has 1 N–H and O–H groups in total. The highest BCUT2D eigenvalue weighted by Gasteiger charge is 2.31. The number of amides is 2. The van der Waals surface area contributed by atoms with Crippen molar-refractivity contribution in [1.29, 1.82) is 0 Å². The van der Waals surface area contributed by atoms with E-state index in [4.69, 9.17) is 9.26 Å². The third kappa shape index (κ3) is 4.33. The second-order valence-corrected chi connectivity index (χ2v) is 6.65. The second-order valence-electron chi connectivity index (χ2n) is 6.65. The van der Waals surface area contributed by atoms with Crippen molar-refractivity contribution in [1.82, 2.24) is 20.4 Å². The Hall–Kier alpha value is -2.74. The highest BCUT2D eigenvalue weighted by molar-refractivity contribution is 5.79. The summed E-state index contributed by atoms with van der Waals surface area (Å²) in [4.78, 5) is 30.7. The van der Waals surface area contributed by atoms with Gasteiger partial charge in [0.2, 0.25) is 17.7 Å². The van der Waals surface area contributed by atoms with Crippen molar-refractivity contribution in [2.45, 2.75) is 45.4 Å². The minimum absolute atomic E-state index is 0.0311. The molecule has 0 saturated heterocycles. The number of rotatable bonds is 6. The summed E-state index contributed by atoms with van der Waals surface area (Å²) in [6, 6.07) is 7.25. The number of aromatic nitrogens is 2. The monoisotopic (exact) mass is 372 g/mol. The maximum atomic E-state index is 12.6. The van der Waals surface area contributed by atoms with E-state index in [1.54, 1.807) is 18.9 Å². The van der Waals surface area contributed by atoms with Crippen LogP contribution in [-0.4, -0.2) is 40.5 Å². The molecule has 0 aliphatic carbocycles. The van der Waals surface area contributed by atoms with Gasteiger partial charge in [-0.05, 0) is 24.5 Å². The molecule has 2 unspecified atom stereocenters. The second kappa shape index (κ2) is 8.30. The van der Waals surface area contributed by atoms with Crippen LogP contribution in [0.15, 0.2) is 28.8 Å². The summed E-state index contributed by atoms with van der Waals surface area (Å²) < 4.78 is 10.1. The highest BCUT2D eigenvalue weighted by atomic mass is 16.5. The van der Waals surface area contributed by atoms with Crippen molar-refractivity contribution in [3.05, 3.63) is 47.1 Å². The van der Waals surface area contributed by atoms with E-state index in [-0.39, 0.29) is 30.9 Å². The number of hydrogen-bond donors (Lipinski definition) is 1. The lowest BCUT2D eigenvalue weighted by Gasteiger charge is -2.36. The van der Waals surface area contributed by atoms with E-state index in [2.05, 4.69) is 21.5 Å². The first kappa shape index (κ1) is 19.0. The fourth-order valence-electron chi connectivity index (χ4n) is 3.42. The van der Waals surface area contributed by atoms with Crippen LogP contribution in [-0.2, 0) is 27.4 Å². The van der Waals surface area contributed by atoms with Gasteiger partial charge in [-0.15, -0.1) is 0 Å². The number of carbonyl (C=O) groups is 2. The standard InChI is InChI=1S/C19H24N4O4/c1-12(19-21-17(11-26-3)22-27-19)20-18(25)10-16-15-7-5-4-6-14(15)8-9-23(16)13(2)24/h4-7,12,16H,8-11H2,1-3H3,(H,20,25). The lowest BCUT2D eigenvalue weighted by atomic mass is 9.90. The Morgan fingerprint density at radius 3 is 2.93 bits per heavy atom. The molecule has 0 spiro atoms. The first-order valence-corrected chi connectivity index (χ1v) is 8.95. The predicted octanol–water partition coefficient (Wildman–Crippen LogP) is 1.93. The van der Waals surface area contributed by atoms with Crippen molar-refractivity contribution in [2.75, 3.05) is 13.7 Å². The lowest BCUT2D eigenvalue weighted by molar-refractivity contribution is -0.133. The normalized spacial score (nSPS) is 17.3. The third-order valence-electron chi connectivity index (χ3n) is 4.70. The van der Waals surface area contributed by atoms with E-state index in [9.17, 15) is 9.59 Å². The molecule has 0 bridgehead atoms. The molecule has 8 heteroatoms. The fourth-order valence-corrected chi connectivity index (χ4v) is 3.42. The largest absolute Gasteiger partial charge is 0.377 e. The van der Waals surface area contributed by atoms with Crippen LogP contribution >= 0.6 is 0 Å². The van der Waals surface area contributed by atoms with Crippen LogP contribution < -0.4 is 5.32 Å². The van der Waals surface area contributed by atoms with E-state index in [1.165, 1.54) is 12.5 Å². The third-order valence-corrected chi connectivity index (χ3v) is 4.70. The van der Waals surface area contributed by atoms with Crippen molar-refractivity contribution in [3.63, 3.8) is 0 Å². The minimum atomic E-state index is -0.430. The molecular weight excluding hydrogens is 348 g/mol. The molecule has 0 fully saturated rings. The number of hydrogen-bond acceptors (Lipinski definition) is 6. The summed E-state index contributed by atoms with van der Waals surface area (Å²) in [5, 5.41) is 6.67. The predicted molar refractivity (Wildman–Crippen MR) is 96.5 cm³/mol. The van der Waals surface area contributed by atoms with E-state index >= 15 is 0 Å². The Balaban J connectivity index is 1.70. The number of ether oxygens (including phenoxy) is 1. The zero-order chi connectivity index (χ0) is 19.4. The van der Waals surface area contributed by atoms with Gasteiger partial charge in [-0.1, -0.05) is 29.4 Å². The summed E-state index contributed by atoms with van der Waals surface area (Å²) >= 11 is 0. The van der Waals surface area contributed by atoms with Gasteiger partial charge in [-0.3, -0.25) is 9.59 Å². The Morgan fingerprint density at radius 2 is 2.19 bits per heavy atom. The van der Waals surface area contributed by atoms with E-state index < -0.39 is 6.04 Å². The summed E-state index contributed by atoms with van der Waals surface area (Å²) in [5.41, 5.74) is 2.21. The number of methoxy groups -OCH3 is 1. The van der Waals surface area contributed by atoms with Gasteiger partial charge in [0.25, 0.3) is 0 Å². The molecule has 3 rings (SSSR count). The number of fused-ring (bicyclic) bond motifs is 1. The van der Waals surface area contributed by atoms with E-state index in [0.717, 1.165) is 12.0 Å². The summed E-state index contributed by atoms with van der Waals surface area (Å²) in [6.45, 7) is 4.18. The molecular formula is C19H24N4O4. The average molecular weight is 372 g/mol. The minimum Gasteiger partial charge on any atom is -0.377 e. The highest BCUT2D eigenvalue weighted by Crippen LogP contribution is 2.32. The zero-order valence-corrected chi connectivity index (χ0v) is 15.8. The molecule has 2 heterocycles. The summed E-state index contributed by atoms with van der Waals surface area (Å²) in [6.07, 6.45) is 0.981. The maximum Gasteiger partial charge on any atom is 0.249 e. The number of carbonyl (C=O) groups excluding carboxylic acids is 2. The Kier molecular flexibility index (Phi) is 5.85. The SMILES string of the molecule is COCc1noc(C(C)NC(=O)CC2c3ccccc3CCN2C(C)=O)n1. The number of nitrogens with one attached hydrogen (secondary N) is 1. The number of benzene rings is 1. The van der Waals surface area contributed by atoms with Crippen molar-refractivity contribution in [2.24, 2.45) is 0 Å². The van der Waals surface area contributed by atoms with Gasteiger partial charge in [-0.25, -0.2) is 0 Å². The maximum absolute atomic E-state index is 12.6. The van der Waals surface area contributed by atoms with Crippen LogP contribution in [0.3, 0.4) is 0 Å². The molecule has 2 aromatic rings. The summed E-state index contributed by atoms with van der Waals surface area (Å²) in [5.74, 6) is 0.541. The van der Waals surface area contributed by atoms with E-state index in [1.807, 2.05) is 18.2 Å². The van der Waals surface area contributed by atoms with Crippen LogP contribution in [0.5, 0.6) is 0 Å². The van der Waals surface area contributed by atoms with Crippen LogP contribution in [0.1, 0.15) is 55.2 Å². The van der Waals surface area contributed by atoms with Gasteiger partial charge in [0.05, 0.1) is 12.5 Å². The van der Waals surface area contributed by atoms with Crippen molar-refractivity contribution < 1.29 is 18.8 Å². The van der Waals surface area contributed by atoms with E-state index in [0.29, 0.717) is 18.3 Å². The molecule has 144 valence electrons. The lowest BCUT2D eigenvalue weighted by Crippen LogP contribution is -2.41. The van der Waals surface area contributed by atoms with Crippen LogP contribution in [0.25, 0.3) is 0 Å². The molecule has 1 aromatic carbocycles. The zero-order valence-electron chi connectivity index (χ0n) is 15.8. The smallest absolute Gasteiger partial charge is 0.249 e. The Bertz CT molecular complexity index is 820. The molecule has 1 aliphatic heterocycles. The van der Waals surface area contributed by atoms with Gasteiger partial charge in [-0.2, -0.15) is 4.98 Å². The van der Waals surface area contributed by atoms with Gasteiger partial charge in [0, 0.05) is 20.6 Å². The Morgan fingerprint density at radius 1 is 1.41 bits per heavy atom. The van der Waals surface area contributed by atoms with Crippen LogP contribution in [0.4, 0.5) is 0 Å². The number of nitrogens with zero attached hydrogens (tertiary/aromatic N) is 3. The first-order chi connectivity index (χ1) is 13.0. The van der Waals surface area contributed by atoms with Crippen molar-refractivity contribution >= 4 is 11.8 Å². The molecule has 0 saturated carbocycles. The molecule has 1 aromatic heterocycles. The molecule has 2 atom stereocenters. The molecule has 27 heavy (non-hydrogen) atoms. The first-order valence-electron chi connectivity index (χ1n) is 8.95. The molecule has 0 radical (unpaired) electrons. The molecule has 8 nitrogen and oxygen atoms in total. The fraction of sp³-hybridized carbons (Fsp3) is 0.474. The molecule has 1 aliphatic rings. The van der Waals surface area contributed by atoms with Gasteiger partial charge >= 0.3 is 0 Å². The quantitative estimate of drug-likeness (QED) is 0.832. The van der Waals surface area contributed by atoms with Crippen LogP contribution in [0.2, 0.25) is 0 Å². The molecule has 2 amide bonds. The average Bonchev–Trinajstić information content (AvgIpc) is 3.11.